The molecular weight excluding hydrogens is 634 g/mol. The normalized spacial score (nSPS) is 14.5. The molecule has 1 atom stereocenters. The Morgan fingerprint density at radius 1 is 1.04 bits per heavy atom. The van der Waals surface area contributed by atoms with E-state index in [1.165, 1.54) is 12.4 Å². The topological polar surface area (TPSA) is 157 Å². The van der Waals surface area contributed by atoms with Crippen LogP contribution in [0.25, 0.3) is 23.0 Å². The Balaban J connectivity index is 1.35. The molecule has 0 spiro atoms. The third kappa shape index (κ3) is 9.48. The number of aromatic nitrogens is 6. The number of carbonyl (C=O) groups excluding carboxylic acids is 3. The molecular formula is C36H47N11O3. The first-order valence-corrected chi connectivity index (χ1v) is 17.2. The number of likely N-dealkylation sites (N-methyl/N-ethyl adjacent to an activating group) is 1. The zero-order valence-corrected chi connectivity index (χ0v) is 29.3. The van der Waals surface area contributed by atoms with E-state index in [1.54, 1.807) is 22.9 Å². The summed E-state index contributed by atoms with van der Waals surface area (Å²) in [6, 6.07) is 12.4. The van der Waals surface area contributed by atoms with Crippen molar-refractivity contribution in [2.24, 2.45) is 0 Å². The van der Waals surface area contributed by atoms with Gasteiger partial charge in [-0.2, -0.15) is 4.68 Å². The number of hydrogen-bond donors (Lipinski definition) is 3. The van der Waals surface area contributed by atoms with Crippen molar-refractivity contribution >= 4 is 30.0 Å². The summed E-state index contributed by atoms with van der Waals surface area (Å²) in [4.78, 5) is 53.2. The molecule has 1 aliphatic rings. The molecule has 14 heteroatoms. The van der Waals surface area contributed by atoms with Crippen LogP contribution in [0.2, 0.25) is 0 Å². The van der Waals surface area contributed by atoms with E-state index in [9.17, 15) is 14.4 Å². The summed E-state index contributed by atoms with van der Waals surface area (Å²) in [6.07, 6.45) is 6.24. The maximum absolute atomic E-state index is 13.9. The Kier molecular flexibility index (Phi) is 12.6. The zero-order chi connectivity index (χ0) is 35.5. The van der Waals surface area contributed by atoms with Crippen molar-refractivity contribution in [1.29, 1.82) is 0 Å². The molecule has 4 aromatic rings. The molecule has 2 aromatic heterocycles. The van der Waals surface area contributed by atoms with E-state index in [1.807, 2.05) is 49.1 Å². The fraction of sp³-hybridized carbons (Fsp3) is 0.417. The van der Waals surface area contributed by atoms with E-state index < -0.39 is 6.04 Å². The molecule has 0 saturated carbocycles. The average Bonchev–Trinajstić information content (AvgIpc) is 3.72. The summed E-state index contributed by atoms with van der Waals surface area (Å²) in [7, 11) is 0. The highest BCUT2D eigenvalue weighted by Crippen LogP contribution is 2.26. The largest absolute Gasteiger partial charge is 0.344 e. The molecule has 3 heterocycles. The highest BCUT2D eigenvalue weighted by atomic mass is 16.2. The number of carbonyl (C=O) groups is 3. The highest BCUT2D eigenvalue weighted by molar-refractivity contribution is 5.93. The lowest BCUT2D eigenvalue weighted by molar-refractivity contribution is -0.132. The maximum atomic E-state index is 13.9. The van der Waals surface area contributed by atoms with Crippen LogP contribution < -0.4 is 10.6 Å². The van der Waals surface area contributed by atoms with Gasteiger partial charge in [0.2, 0.25) is 18.2 Å². The highest BCUT2D eigenvalue weighted by Gasteiger charge is 2.27. The lowest BCUT2D eigenvalue weighted by Gasteiger charge is -2.26. The van der Waals surface area contributed by atoms with Crippen LogP contribution in [0, 0.1) is 13.8 Å². The Morgan fingerprint density at radius 3 is 2.56 bits per heavy atom. The Labute approximate surface area is 292 Å². The second kappa shape index (κ2) is 17.4. The fourth-order valence-electron chi connectivity index (χ4n) is 6.18. The second-order valence-electron chi connectivity index (χ2n) is 12.5. The predicted octanol–water partition coefficient (Wildman–Crippen LogP) is 3.37. The van der Waals surface area contributed by atoms with Crippen LogP contribution in [0.5, 0.6) is 0 Å². The van der Waals surface area contributed by atoms with Gasteiger partial charge in [0.25, 0.3) is 0 Å². The molecule has 264 valence electrons. The van der Waals surface area contributed by atoms with Gasteiger partial charge in [-0.1, -0.05) is 37.6 Å². The number of H-pyrrole nitrogens is 1. The maximum Gasteiger partial charge on any atom is 0.244 e. The van der Waals surface area contributed by atoms with E-state index in [0.717, 1.165) is 73.8 Å². The summed E-state index contributed by atoms with van der Waals surface area (Å²) in [6.45, 7) is 15.3. The van der Waals surface area contributed by atoms with E-state index in [2.05, 4.69) is 54.8 Å². The van der Waals surface area contributed by atoms with Crippen molar-refractivity contribution in [1.82, 2.24) is 50.2 Å². The number of aromatic amines is 1. The van der Waals surface area contributed by atoms with Gasteiger partial charge in [0.1, 0.15) is 12.2 Å². The summed E-state index contributed by atoms with van der Waals surface area (Å²) in [5.41, 5.74) is 5.50. The van der Waals surface area contributed by atoms with Crippen LogP contribution in [0.3, 0.4) is 0 Å². The molecule has 3 N–H and O–H groups in total. The molecule has 0 aliphatic carbocycles. The first-order valence-electron chi connectivity index (χ1n) is 17.2. The Bertz CT molecular complexity index is 1750. The molecule has 3 amide bonds. The molecule has 5 rings (SSSR count). The number of anilines is 1. The monoisotopic (exact) mass is 681 g/mol. The van der Waals surface area contributed by atoms with E-state index in [0.29, 0.717) is 36.7 Å². The van der Waals surface area contributed by atoms with Gasteiger partial charge in [0.15, 0.2) is 0 Å². The van der Waals surface area contributed by atoms with Crippen LogP contribution in [0.1, 0.15) is 55.4 Å². The zero-order valence-electron chi connectivity index (χ0n) is 29.3. The van der Waals surface area contributed by atoms with E-state index in [-0.39, 0.29) is 18.2 Å². The molecule has 1 fully saturated rings. The smallest absolute Gasteiger partial charge is 0.244 e. The standard InChI is InChI=1S/C36H47N11O3/c1-5-44(6-2)18-19-45-16-7-17-46(21-20-45)34(50)23-31(36-39-27(4)35(41-36)28-9-12-30(13-10-28)37-25-48)40-33(49)15-11-29-22-26(3)8-14-32(29)47-24-38-42-43-47/h8-15,22,24-25,31H,5-7,16-21,23H2,1-4H3,(H,37,48)(H,39,41)(H,40,49)/b15-11+/t31-/m0/s1. The van der Waals surface area contributed by atoms with Crippen molar-refractivity contribution in [2.75, 3.05) is 57.7 Å². The number of nitrogens with one attached hydrogen (secondary N) is 3. The molecule has 2 aromatic carbocycles. The first kappa shape index (κ1) is 36.1. The van der Waals surface area contributed by atoms with Gasteiger partial charge in [-0.25, -0.2) is 4.98 Å². The minimum Gasteiger partial charge on any atom is -0.344 e. The third-order valence-corrected chi connectivity index (χ3v) is 9.07. The number of imidazole rings is 1. The summed E-state index contributed by atoms with van der Waals surface area (Å²) in [5.74, 6) is 0.0815. The molecule has 0 unspecified atom stereocenters. The summed E-state index contributed by atoms with van der Waals surface area (Å²) < 4.78 is 1.54. The predicted molar refractivity (Wildman–Crippen MR) is 192 cm³/mol. The van der Waals surface area contributed by atoms with Crippen LogP contribution in [0.4, 0.5) is 5.69 Å². The SMILES string of the molecule is CCN(CC)CCN1CCCN(C(=O)C[C@H](NC(=O)/C=C/c2cc(C)ccc2-n2cnnn2)c2nc(-c3ccc(NC=O)cc3)c(C)[nH]2)CC1. The molecule has 50 heavy (non-hydrogen) atoms. The number of aryl methyl sites for hydroxylation is 2. The molecule has 1 aliphatic heterocycles. The van der Waals surface area contributed by atoms with Crippen LogP contribution in [-0.2, 0) is 14.4 Å². The lowest BCUT2D eigenvalue weighted by Crippen LogP contribution is -2.40. The van der Waals surface area contributed by atoms with Crippen LogP contribution in [-0.4, -0.2) is 115 Å². The number of tetrazole rings is 1. The van der Waals surface area contributed by atoms with Crippen molar-refractivity contribution in [3.8, 4) is 16.9 Å². The molecule has 14 nitrogen and oxygen atoms in total. The van der Waals surface area contributed by atoms with Crippen molar-refractivity contribution < 1.29 is 14.4 Å². The minimum absolute atomic E-state index is 0.0376. The molecule has 0 bridgehead atoms. The van der Waals surface area contributed by atoms with Crippen molar-refractivity contribution in [3.05, 3.63) is 77.5 Å². The minimum atomic E-state index is -0.707. The third-order valence-electron chi connectivity index (χ3n) is 9.07. The average molecular weight is 682 g/mol. The summed E-state index contributed by atoms with van der Waals surface area (Å²) in [5, 5.41) is 17.2. The fourth-order valence-corrected chi connectivity index (χ4v) is 6.18. The van der Waals surface area contributed by atoms with Gasteiger partial charge >= 0.3 is 0 Å². The Hall–Kier alpha value is -5.21. The van der Waals surface area contributed by atoms with Crippen LogP contribution >= 0.6 is 0 Å². The van der Waals surface area contributed by atoms with Crippen LogP contribution in [0.15, 0.2) is 54.9 Å². The number of rotatable bonds is 15. The second-order valence-corrected chi connectivity index (χ2v) is 12.5. The van der Waals surface area contributed by atoms with Gasteiger partial charge in [-0.05, 0) is 80.7 Å². The lowest BCUT2D eigenvalue weighted by atomic mass is 10.1. The molecule has 0 radical (unpaired) electrons. The van der Waals surface area contributed by atoms with Gasteiger partial charge < -0.3 is 30.3 Å². The van der Waals surface area contributed by atoms with Gasteiger partial charge in [-0.15, -0.1) is 5.10 Å². The van der Waals surface area contributed by atoms with E-state index >= 15 is 0 Å². The number of hydrogen-bond acceptors (Lipinski definition) is 9. The van der Waals surface area contributed by atoms with Gasteiger partial charge in [-0.3, -0.25) is 14.4 Å². The first-order chi connectivity index (χ1) is 24.3. The number of amides is 3. The van der Waals surface area contributed by atoms with Crippen molar-refractivity contribution in [3.63, 3.8) is 0 Å². The number of benzene rings is 2. The quantitative estimate of drug-likeness (QED) is 0.126. The van der Waals surface area contributed by atoms with Gasteiger partial charge in [0, 0.05) is 61.3 Å². The molecule has 1 saturated heterocycles. The summed E-state index contributed by atoms with van der Waals surface area (Å²) >= 11 is 0. The van der Waals surface area contributed by atoms with Crippen molar-refractivity contribution in [2.45, 2.75) is 46.6 Å². The Morgan fingerprint density at radius 2 is 1.84 bits per heavy atom. The van der Waals surface area contributed by atoms with Gasteiger partial charge in [0.05, 0.1) is 23.8 Å². The van der Waals surface area contributed by atoms with E-state index in [4.69, 9.17) is 4.98 Å². The number of nitrogens with zero attached hydrogens (tertiary/aromatic N) is 8.